The lowest BCUT2D eigenvalue weighted by Crippen LogP contribution is -2.54. The predicted molar refractivity (Wildman–Crippen MR) is 106 cm³/mol. The molecule has 1 amide bonds. The summed E-state index contributed by atoms with van der Waals surface area (Å²) in [5.41, 5.74) is -0.950. The van der Waals surface area contributed by atoms with Gasteiger partial charge < -0.3 is 14.8 Å². The summed E-state index contributed by atoms with van der Waals surface area (Å²) in [6, 6.07) is 1.24. The lowest BCUT2D eigenvalue weighted by molar-refractivity contribution is -0.169. The summed E-state index contributed by atoms with van der Waals surface area (Å²) >= 11 is 0. The summed E-state index contributed by atoms with van der Waals surface area (Å²) in [5, 5.41) is 6.80. The van der Waals surface area contributed by atoms with Gasteiger partial charge in [0.25, 0.3) is 5.91 Å². The van der Waals surface area contributed by atoms with Crippen LogP contribution in [0.2, 0.25) is 0 Å². The molecule has 1 N–H and O–H groups in total. The van der Waals surface area contributed by atoms with E-state index in [2.05, 4.69) is 27.1 Å². The molecule has 0 aliphatic heterocycles. The first kappa shape index (κ1) is 21.2. The Hall–Kier alpha value is -3.04. The smallest absolute Gasteiger partial charge is 0.356 e. The van der Waals surface area contributed by atoms with Crippen LogP contribution in [0.3, 0.4) is 0 Å². The van der Waals surface area contributed by atoms with Crippen LogP contribution in [-0.2, 0) is 14.3 Å². The summed E-state index contributed by atoms with van der Waals surface area (Å²) < 4.78 is 24.8. The van der Waals surface area contributed by atoms with Crippen LogP contribution in [0.1, 0.15) is 60.0 Å². The Kier molecular flexibility index (Phi) is 5.18. The van der Waals surface area contributed by atoms with Gasteiger partial charge in [0, 0.05) is 12.6 Å². The Morgan fingerprint density at radius 3 is 2.55 bits per heavy atom. The third kappa shape index (κ3) is 3.34. The number of methoxy groups -OCH3 is 2. The Morgan fingerprint density at radius 1 is 1.23 bits per heavy atom. The zero-order valence-electron chi connectivity index (χ0n) is 17.7. The van der Waals surface area contributed by atoms with E-state index >= 15 is 0 Å². The van der Waals surface area contributed by atoms with E-state index < -0.39 is 23.1 Å². The minimum atomic E-state index is -0.775. The second kappa shape index (κ2) is 7.58. The molecular formula is C21H25FN4O5. The number of esters is 2. The van der Waals surface area contributed by atoms with Gasteiger partial charge in [-0.2, -0.15) is 5.10 Å². The van der Waals surface area contributed by atoms with E-state index in [-0.39, 0.29) is 34.3 Å². The van der Waals surface area contributed by atoms with Gasteiger partial charge in [-0.3, -0.25) is 9.59 Å². The molecule has 2 heterocycles. The number of nitrogens with one attached hydrogen (secondary N) is 1. The third-order valence-corrected chi connectivity index (χ3v) is 7.16. The molecule has 3 saturated carbocycles. The molecule has 2 bridgehead atoms. The number of ether oxygens (including phenoxy) is 2. The van der Waals surface area contributed by atoms with Crippen molar-refractivity contribution in [2.45, 2.75) is 39.0 Å². The molecule has 31 heavy (non-hydrogen) atoms. The highest BCUT2D eigenvalue weighted by atomic mass is 19.1. The Morgan fingerprint density at radius 2 is 1.94 bits per heavy atom. The number of rotatable bonds is 5. The largest absolute Gasteiger partial charge is 0.469 e. The van der Waals surface area contributed by atoms with Crippen molar-refractivity contribution in [1.82, 2.24) is 19.9 Å². The molecule has 3 aliphatic rings. The van der Waals surface area contributed by atoms with Crippen molar-refractivity contribution < 1.29 is 28.2 Å². The number of halogens is 1. The molecule has 166 valence electrons. The van der Waals surface area contributed by atoms with E-state index in [4.69, 9.17) is 4.74 Å². The number of carbonyl (C=O) groups is 3. The predicted octanol–water partition coefficient (Wildman–Crippen LogP) is 2.14. The van der Waals surface area contributed by atoms with Gasteiger partial charge in [-0.1, -0.05) is 6.92 Å². The fourth-order valence-corrected chi connectivity index (χ4v) is 5.29. The van der Waals surface area contributed by atoms with Gasteiger partial charge in [-0.05, 0) is 43.4 Å². The van der Waals surface area contributed by atoms with Gasteiger partial charge >= 0.3 is 11.9 Å². The lowest BCUT2D eigenvalue weighted by Gasteiger charge is -2.55. The van der Waals surface area contributed by atoms with Crippen LogP contribution in [0.25, 0.3) is 5.65 Å². The second-order valence-corrected chi connectivity index (χ2v) is 8.68. The molecule has 1 atom stereocenters. The number of fused-ring (bicyclic) bond motifs is 4. The fraction of sp³-hybridized carbons (Fsp3) is 0.571. The zero-order chi connectivity index (χ0) is 22.4. The molecule has 3 fully saturated rings. The monoisotopic (exact) mass is 432 g/mol. The van der Waals surface area contributed by atoms with Crippen molar-refractivity contribution in [3.63, 3.8) is 0 Å². The van der Waals surface area contributed by atoms with Crippen molar-refractivity contribution in [1.29, 1.82) is 0 Å². The van der Waals surface area contributed by atoms with E-state index in [1.54, 1.807) is 0 Å². The molecule has 0 saturated heterocycles. The summed E-state index contributed by atoms with van der Waals surface area (Å²) in [4.78, 5) is 41.2. The summed E-state index contributed by atoms with van der Waals surface area (Å²) in [6.07, 6.45) is 4.82. The molecule has 0 aromatic carbocycles. The van der Waals surface area contributed by atoms with Gasteiger partial charge in [0.05, 0.1) is 25.8 Å². The first-order valence-electron chi connectivity index (χ1n) is 10.2. The highest BCUT2D eigenvalue weighted by molar-refractivity contribution is 5.96. The number of aromatic nitrogens is 3. The quantitative estimate of drug-likeness (QED) is 0.721. The van der Waals surface area contributed by atoms with Gasteiger partial charge in [-0.15, -0.1) is 0 Å². The van der Waals surface area contributed by atoms with Crippen molar-refractivity contribution in [3.8, 4) is 0 Å². The topological polar surface area (TPSA) is 112 Å². The SMILES string of the molecule is COC(=O)c1cc(C(=O)NCC23CCC(C(=O)OC)(CC2)C(C)C3)n2ncc(F)c2n1. The average Bonchev–Trinajstić information content (AvgIpc) is 3.17. The Balaban J connectivity index is 1.54. The van der Waals surface area contributed by atoms with Crippen LogP contribution in [-0.4, -0.2) is 53.2 Å². The van der Waals surface area contributed by atoms with Crippen molar-refractivity contribution in [2.75, 3.05) is 20.8 Å². The molecule has 2 aromatic rings. The summed E-state index contributed by atoms with van der Waals surface area (Å²) in [6.45, 7) is 2.47. The molecule has 0 spiro atoms. The Bertz CT molecular complexity index is 1060. The lowest BCUT2D eigenvalue weighted by atomic mass is 9.49. The highest BCUT2D eigenvalue weighted by Gasteiger charge is 2.57. The first-order valence-corrected chi connectivity index (χ1v) is 10.2. The Labute approximate surface area is 178 Å². The fourth-order valence-electron chi connectivity index (χ4n) is 5.29. The number of amides is 1. The molecule has 0 radical (unpaired) electrons. The van der Waals surface area contributed by atoms with E-state index in [0.717, 1.165) is 42.8 Å². The van der Waals surface area contributed by atoms with E-state index in [0.29, 0.717) is 6.54 Å². The van der Waals surface area contributed by atoms with Crippen LogP contribution in [0, 0.1) is 22.6 Å². The van der Waals surface area contributed by atoms with Crippen LogP contribution in [0.4, 0.5) is 4.39 Å². The normalized spacial score (nSPS) is 27.2. The van der Waals surface area contributed by atoms with Crippen LogP contribution in [0.15, 0.2) is 12.3 Å². The molecule has 10 heteroatoms. The maximum Gasteiger partial charge on any atom is 0.356 e. The van der Waals surface area contributed by atoms with Crippen molar-refractivity contribution in [2.24, 2.45) is 16.7 Å². The summed E-state index contributed by atoms with van der Waals surface area (Å²) in [5.74, 6) is -2.00. The van der Waals surface area contributed by atoms with Crippen molar-refractivity contribution >= 4 is 23.5 Å². The van der Waals surface area contributed by atoms with Crippen LogP contribution < -0.4 is 5.32 Å². The standard InChI is InChI=1S/C21H25FN4O5/c1-12-9-20(4-6-21(12,7-5-20)19(29)31-3)11-23-17(27)15-8-14(18(28)30-2)25-16-13(22)10-24-26(15)16/h8,10,12H,4-7,9,11H2,1-3H3,(H,23,27). The van der Waals surface area contributed by atoms with E-state index in [1.807, 2.05) is 0 Å². The molecule has 9 nitrogen and oxygen atoms in total. The maximum atomic E-state index is 14.0. The maximum absolute atomic E-state index is 14.0. The van der Waals surface area contributed by atoms with Crippen molar-refractivity contribution in [3.05, 3.63) is 29.5 Å². The number of hydrogen-bond acceptors (Lipinski definition) is 7. The van der Waals surface area contributed by atoms with E-state index in [1.165, 1.54) is 20.3 Å². The van der Waals surface area contributed by atoms with E-state index in [9.17, 15) is 18.8 Å². The van der Waals surface area contributed by atoms with Gasteiger partial charge in [0.1, 0.15) is 5.69 Å². The number of hydrogen-bond donors (Lipinski definition) is 1. The highest BCUT2D eigenvalue weighted by Crippen LogP contribution is 2.59. The van der Waals surface area contributed by atoms with Gasteiger partial charge in [0.15, 0.2) is 17.2 Å². The van der Waals surface area contributed by atoms with Crippen LogP contribution in [0.5, 0.6) is 0 Å². The minimum absolute atomic E-state index is 0.00530. The molecule has 3 aliphatic carbocycles. The minimum Gasteiger partial charge on any atom is -0.469 e. The second-order valence-electron chi connectivity index (χ2n) is 8.68. The number of nitrogens with zero attached hydrogens (tertiary/aromatic N) is 3. The van der Waals surface area contributed by atoms with Gasteiger partial charge in [-0.25, -0.2) is 18.7 Å². The van der Waals surface area contributed by atoms with Gasteiger partial charge in [0.2, 0.25) is 0 Å². The third-order valence-electron chi connectivity index (χ3n) is 7.16. The molecule has 5 rings (SSSR count). The zero-order valence-corrected chi connectivity index (χ0v) is 17.7. The summed E-state index contributed by atoms with van der Waals surface area (Å²) in [7, 11) is 2.61. The molecular weight excluding hydrogens is 407 g/mol. The first-order chi connectivity index (χ1) is 14.7. The average molecular weight is 432 g/mol. The molecule has 2 aromatic heterocycles. The molecule has 1 unspecified atom stereocenters. The number of carbonyl (C=O) groups excluding carboxylic acids is 3. The van der Waals surface area contributed by atoms with Crippen LogP contribution >= 0.6 is 0 Å².